The molecule has 1 aromatic carbocycles. The minimum absolute atomic E-state index is 0.0475. The predicted octanol–water partition coefficient (Wildman–Crippen LogP) is 2.86. The van der Waals surface area contributed by atoms with Crippen molar-refractivity contribution in [2.45, 2.75) is 18.8 Å². The van der Waals surface area contributed by atoms with E-state index in [1.165, 1.54) is 11.3 Å². The number of benzene rings is 1. The van der Waals surface area contributed by atoms with E-state index < -0.39 is 16.1 Å². The molecule has 0 fully saturated rings. The van der Waals surface area contributed by atoms with Crippen LogP contribution in [0.3, 0.4) is 0 Å². The lowest BCUT2D eigenvalue weighted by Gasteiger charge is -2.12. The van der Waals surface area contributed by atoms with Gasteiger partial charge in [-0.15, -0.1) is 11.3 Å². The second kappa shape index (κ2) is 6.89. The summed E-state index contributed by atoms with van der Waals surface area (Å²) in [5.41, 5.74) is 1.49. The van der Waals surface area contributed by atoms with Crippen LogP contribution in [-0.4, -0.2) is 20.1 Å². The van der Waals surface area contributed by atoms with Gasteiger partial charge in [0.15, 0.2) is 0 Å². The molecule has 7 heteroatoms. The molecule has 4 nitrogen and oxygen atoms in total. The fourth-order valence-electron chi connectivity index (χ4n) is 1.90. The van der Waals surface area contributed by atoms with E-state index in [0.29, 0.717) is 10.6 Å². The molecule has 2 N–H and O–H groups in total. The van der Waals surface area contributed by atoms with Gasteiger partial charge in [-0.1, -0.05) is 29.8 Å². The van der Waals surface area contributed by atoms with Crippen LogP contribution in [0.25, 0.3) is 0 Å². The molecule has 0 amide bonds. The molecule has 2 aromatic rings. The van der Waals surface area contributed by atoms with E-state index >= 15 is 0 Å². The predicted molar refractivity (Wildman–Crippen MR) is 86.1 cm³/mol. The third-order valence-electron chi connectivity index (χ3n) is 3.00. The summed E-state index contributed by atoms with van der Waals surface area (Å²) in [5, 5.41) is 12.3. The third kappa shape index (κ3) is 4.52. The van der Waals surface area contributed by atoms with Crippen molar-refractivity contribution in [1.82, 2.24) is 4.72 Å². The minimum Gasteiger partial charge on any atom is -0.386 e. The zero-order valence-corrected chi connectivity index (χ0v) is 13.8. The molecule has 0 unspecified atom stereocenters. The first-order chi connectivity index (χ1) is 9.89. The van der Waals surface area contributed by atoms with Crippen molar-refractivity contribution in [2.24, 2.45) is 0 Å². The maximum Gasteiger partial charge on any atom is 0.215 e. The Balaban J connectivity index is 1.99. The number of rotatable bonds is 6. The quantitative estimate of drug-likeness (QED) is 0.846. The molecule has 0 aliphatic heterocycles. The summed E-state index contributed by atoms with van der Waals surface area (Å²) >= 11 is 7.36. The smallest absolute Gasteiger partial charge is 0.215 e. The molecular formula is C14H16ClNO3S2. The van der Waals surface area contributed by atoms with E-state index in [4.69, 9.17) is 11.6 Å². The van der Waals surface area contributed by atoms with Crippen LogP contribution in [-0.2, 0) is 15.8 Å². The molecule has 1 heterocycles. The monoisotopic (exact) mass is 345 g/mol. The molecule has 0 aliphatic rings. The molecule has 1 atom stereocenters. The van der Waals surface area contributed by atoms with Crippen molar-refractivity contribution < 1.29 is 13.5 Å². The number of hydrogen-bond donors (Lipinski definition) is 2. The Morgan fingerprint density at radius 3 is 2.67 bits per heavy atom. The van der Waals surface area contributed by atoms with Crippen molar-refractivity contribution in [3.63, 3.8) is 0 Å². The van der Waals surface area contributed by atoms with Crippen LogP contribution in [0.15, 0.2) is 35.7 Å². The first-order valence-electron chi connectivity index (χ1n) is 6.32. The number of aliphatic hydroxyl groups is 1. The lowest BCUT2D eigenvalue weighted by molar-refractivity contribution is 0.185. The number of nitrogens with one attached hydrogen (secondary N) is 1. The Bertz CT molecular complexity index is 713. The van der Waals surface area contributed by atoms with Crippen LogP contribution in [0.5, 0.6) is 0 Å². The molecule has 0 radical (unpaired) electrons. The Morgan fingerprint density at radius 2 is 2.05 bits per heavy atom. The molecule has 2 rings (SSSR count). The number of aryl methyl sites for hydroxylation is 1. The zero-order chi connectivity index (χ0) is 15.5. The lowest BCUT2D eigenvalue weighted by atomic mass is 10.2. The van der Waals surface area contributed by atoms with E-state index in [1.807, 2.05) is 18.4 Å². The lowest BCUT2D eigenvalue weighted by Crippen LogP contribution is -2.29. The Kier molecular flexibility index (Phi) is 5.40. The Hall–Kier alpha value is -0.920. The molecule has 1 aromatic heterocycles. The van der Waals surface area contributed by atoms with Gasteiger partial charge >= 0.3 is 0 Å². The maximum absolute atomic E-state index is 12.0. The van der Waals surface area contributed by atoms with Crippen LogP contribution >= 0.6 is 22.9 Å². The van der Waals surface area contributed by atoms with Gasteiger partial charge in [-0.05, 0) is 35.6 Å². The zero-order valence-electron chi connectivity index (χ0n) is 11.4. The summed E-state index contributed by atoms with van der Waals surface area (Å²) in [5.74, 6) is -0.206. The molecule has 0 saturated carbocycles. The first kappa shape index (κ1) is 16.5. The number of halogens is 1. The van der Waals surface area contributed by atoms with Crippen molar-refractivity contribution in [2.75, 3.05) is 6.54 Å². The van der Waals surface area contributed by atoms with Gasteiger partial charge in [0.2, 0.25) is 10.0 Å². The normalized spacial score (nSPS) is 13.3. The van der Waals surface area contributed by atoms with Gasteiger partial charge in [0.1, 0.15) is 6.10 Å². The summed E-state index contributed by atoms with van der Waals surface area (Å²) in [7, 11) is -3.55. The highest BCUT2D eigenvalue weighted by atomic mass is 35.5. The van der Waals surface area contributed by atoms with Gasteiger partial charge in [0.25, 0.3) is 0 Å². The van der Waals surface area contributed by atoms with Crippen molar-refractivity contribution in [1.29, 1.82) is 0 Å². The largest absolute Gasteiger partial charge is 0.386 e. The Morgan fingerprint density at radius 1 is 1.33 bits per heavy atom. The third-order valence-corrected chi connectivity index (χ3v) is 5.79. The number of thiophene rings is 1. The van der Waals surface area contributed by atoms with Crippen molar-refractivity contribution >= 4 is 33.0 Å². The average Bonchev–Trinajstić information content (AvgIpc) is 2.85. The van der Waals surface area contributed by atoms with Crippen LogP contribution in [0.2, 0.25) is 5.02 Å². The van der Waals surface area contributed by atoms with E-state index in [9.17, 15) is 13.5 Å². The summed E-state index contributed by atoms with van der Waals surface area (Å²) in [6, 6.07) is 8.69. The van der Waals surface area contributed by atoms with Crippen molar-refractivity contribution in [3.05, 3.63) is 56.7 Å². The van der Waals surface area contributed by atoms with Gasteiger partial charge in [0.05, 0.1) is 5.75 Å². The second-order valence-corrected chi connectivity index (χ2v) is 7.84. The topological polar surface area (TPSA) is 66.4 Å². The van der Waals surface area contributed by atoms with E-state index in [-0.39, 0.29) is 12.3 Å². The van der Waals surface area contributed by atoms with Crippen LogP contribution in [0.1, 0.15) is 22.1 Å². The van der Waals surface area contributed by atoms with E-state index in [2.05, 4.69) is 4.72 Å². The Labute approximate surface area is 133 Å². The number of sulfonamides is 1. The van der Waals surface area contributed by atoms with Gasteiger partial charge in [-0.3, -0.25) is 0 Å². The molecule has 114 valence electrons. The van der Waals surface area contributed by atoms with Crippen LogP contribution < -0.4 is 4.72 Å². The first-order valence-corrected chi connectivity index (χ1v) is 9.23. The van der Waals surface area contributed by atoms with Crippen LogP contribution in [0.4, 0.5) is 0 Å². The summed E-state index contributed by atoms with van der Waals surface area (Å²) in [4.78, 5) is 0.774. The highest BCUT2D eigenvalue weighted by molar-refractivity contribution is 7.88. The van der Waals surface area contributed by atoms with Crippen LogP contribution in [0, 0.1) is 6.92 Å². The van der Waals surface area contributed by atoms with Gasteiger partial charge in [-0.25, -0.2) is 13.1 Å². The second-order valence-electron chi connectivity index (χ2n) is 4.68. The van der Waals surface area contributed by atoms with E-state index in [0.717, 1.165) is 10.4 Å². The fraction of sp³-hybridized carbons (Fsp3) is 0.286. The molecule has 21 heavy (non-hydrogen) atoms. The summed E-state index contributed by atoms with van der Waals surface area (Å²) < 4.78 is 26.5. The van der Waals surface area contributed by atoms with Gasteiger partial charge in [0, 0.05) is 16.4 Å². The molecule has 0 bridgehead atoms. The molecular weight excluding hydrogens is 330 g/mol. The highest BCUT2D eigenvalue weighted by Crippen LogP contribution is 2.23. The maximum atomic E-state index is 12.0. The fourth-order valence-corrected chi connectivity index (χ4v) is 4.27. The number of aliphatic hydroxyl groups excluding tert-OH is 1. The SMILES string of the molecule is Cc1ccsc1[C@H](O)CNS(=O)(=O)Cc1ccccc1Cl. The summed E-state index contributed by atoms with van der Waals surface area (Å²) in [6.07, 6.45) is -0.842. The van der Waals surface area contributed by atoms with Gasteiger partial charge < -0.3 is 5.11 Å². The average molecular weight is 346 g/mol. The minimum atomic E-state index is -3.55. The standard InChI is InChI=1S/C14H16ClNO3S2/c1-10-6-7-20-14(10)13(17)8-16-21(18,19)9-11-4-2-3-5-12(11)15/h2-7,13,16-17H,8-9H2,1H3/t13-/m1/s1. The molecule has 0 aliphatic carbocycles. The molecule has 0 saturated heterocycles. The van der Waals surface area contributed by atoms with Crippen molar-refractivity contribution in [3.8, 4) is 0 Å². The highest BCUT2D eigenvalue weighted by Gasteiger charge is 2.18. The van der Waals surface area contributed by atoms with E-state index in [1.54, 1.807) is 24.3 Å². The summed E-state index contributed by atoms with van der Waals surface area (Å²) in [6.45, 7) is 1.83. The van der Waals surface area contributed by atoms with Gasteiger partial charge in [-0.2, -0.15) is 0 Å². The number of hydrogen-bond acceptors (Lipinski definition) is 4. The molecule has 0 spiro atoms.